The van der Waals surface area contributed by atoms with Gasteiger partial charge in [0.1, 0.15) is 0 Å². The lowest BCUT2D eigenvalue weighted by Crippen LogP contribution is -2.47. The fraction of sp³-hybridized carbons (Fsp3) is 0.611. The lowest BCUT2D eigenvalue weighted by Gasteiger charge is -2.41. The van der Waals surface area contributed by atoms with E-state index in [0.29, 0.717) is 6.42 Å². The maximum absolute atomic E-state index is 11.1. The zero-order valence-electron chi connectivity index (χ0n) is 12.7. The maximum atomic E-state index is 11.1. The van der Waals surface area contributed by atoms with Crippen LogP contribution in [-0.2, 0) is 6.42 Å². The first-order chi connectivity index (χ1) is 9.99. The smallest absolute Gasteiger partial charge is 0.0860 e. The molecule has 0 radical (unpaired) electrons. The highest BCUT2D eigenvalue weighted by molar-refractivity contribution is 9.10. The van der Waals surface area contributed by atoms with Crippen molar-refractivity contribution in [2.45, 2.75) is 63.9 Å². The van der Waals surface area contributed by atoms with Crippen LogP contribution < -0.4 is 0 Å². The molecule has 0 saturated heterocycles. The normalized spacial score (nSPS) is 21.6. The van der Waals surface area contributed by atoms with Crippen molar-refractivity contribution in [2.75, 3.05) is 0 Å². The maximum Gasteiger partial charge on any atom is 0.0860 e. The molecule has 0 aliphatic heterocycles. The largest absolute Gasteiger partial charge is 0.388 e. The minimum Gasteiger partial charge on any atom is -0.388 e. The molecule has 2 rings (SSSR count). The molecule has 0 amide bonds. The molecule has 1 aliphatic rings. The summed E-state index contributed by atoms with van der Waals surface area (Å²) in [5.41, 5.74) is -0.507. The van der Waals surface area contributed by atoms with Crippen molar-refractivity contribution in [3.8, 4) is 6.07 Å². The van der Waals surface area contributed by atoms with Crippen LogP contribution in [0.4, 0.5) is 0 Å². The molecular weight excluding hydrogens is 326 g/mol. The summed E-state index contributed by atoms with van der Waals surface area (Å²) >= 11 is 3.43. The van der Waals surface area contributed by atoms with Crippen molar-refractivity contribution < 1.29 is 5.11 Å². The van der Waals surface area contributed by atoms with Gasteiger partial charge in [-0.05, 0) is 37.5 Å². The quantitative estimate of drug-likeness (QED) is 0.834. The second-order valence-electron chi connectivity index (χ2n) is 6.54. The van der Waals surface area contributed by atoms with Gasteiger partial charge in [-0.1, -0.05) is 60.2 Å². The van der Waals surface area contributed by atoms with Gasteiger partial charge in [0.05, 0.1) is 17.1 Å². The molecule has 1 aromatic rings. The molecule has 0 spiro atoms. The molecule has 1 unspecified atom stereocenters. The van der Waals surface area contributed by atoms with Gasteiger partial charge in [0.2, 0.25) is 0 Å². The van der Waals surface area contributed by atoms with Crippen LogP contribution >= 0.6 is 15.9 Å². The van der Waals surface area contributed by atoms with Crippen LogP contribution in [0, 0.1) is 16.7 Å². The van der Waals surface area contributed by atoms with E-state index in [1.54, 1.807) is 0 Å². The van der Waals surface area contributed by atoms with Gasteiger partial charge in [-0.2, -0.15) is 5.26 Å². The molecule has 1 aliphatic carbocycles. The van der Waals surface area contributed by atoms with Gasteiger partial charge in [0.15, 0.2) is 0 Å². The van der Waals surface area contributed by atoms with Crippen LogP contribution in [-0.4, -0.2) is 10.7 Å². The third-order valence-electron chi connectivity index (χ3n) is 4.91. The minimum atomic E-state index is -0.979. The van der Waals surface area contributed by atoms with Gasteiger partial charge in [0, 0.05) is 10.9 Å². The fourth-order valence-electron chi connectivity index (χ4n) is 3.45. The minimum absolute atomic E-state index is 0.536. The van der Waals surface area contributed by atoms with Gasteiger partial charge in [-0.25, -0.2) is 0 Å². The molecule has 1 atom stereocenters. The van der Waals surface area contributed by atoms with Crippen LogP contribution in [0.5, 0.6) is 0 Å². The van der Waals surface area contributed by atoms with E-state index in [9.17, 15) is 10.4 Å². The Labute approximate surface area is 136 Å². The van der Waals surface area contributed by atoms with Gasteiger partial charge in [0.25, 0.3) is 0 Å². The Morgan fingerprint density at radius 3 is 2.19 bits per heavy atom. The molecule has 2 nitrogen and oxygen atoms in total. The first kappa shape index (κ1) is 16.5. The Morgan fingerprint density at radius 2 is 1.67 bits per heavy atom. The molecule has 1 saturated carbocycles. The SMILES string of the molecule is CC(O)(Cc1ccc(Br)cc1)C1(C#N)CCCCCCC1. The molecule has 3 heteroatoms. The van der Waals surface area contributed by atoms with E-state index in [-0.39, 0.29) is 0 Å². The summed E-state index contributed by atoms with van der Waals surface area (Å²) in [6.07, 6.45) is 7.87. The van der Waals surface area contributed by atoms with Gasteiger partial charge in [-0.3, -0.25) is 0 Å². The van der Waals surface area contributed by atoms with Crippen molar-refractivity contribution in [1.82, 2.24) is 0 Å². The molecule has 1 fully saturated rings. The second kappa shape index (κ2) is 6.94. The topological polar surface area (TPSA) is 44.0 Å². The average molecular weight is 350 g/mol. The zero-order chi connectivity index (χ0) is 15.3. The number of hydrogen-bond donors (Lipinski definition) is 1. The van der Waals surface area contributed by atoms with Crippen LogP contribution in [0.3, 0.4) is 0 Å². The van der Waals surface area contributed by atoms with Crippen molar-refractivity contribution in [1.29, 1.82) is 5.26 Å². The monoisotopic (exact) mass is 349 g/mol. The summed E-state index contributed by atoms with van der Waals surface area (Å²) in [4.78, 5) is 0. The molecule has 0 heterocycles. The number of hydrogen-bond acceptors (Lipinski definition) is 2. The van der Waals surface area contributed by atoms with E-state index in [0.717, 1.165) is 35.7 Å². The predicted molar refractivity (Wildman–Crippen MR) is 88.8 cm³/mol. The summed E-state index contributed by atoms with van der Waals surface area (Å²) in [6.45, 7) is 1.85. The Hall–Kier alpha value is -0.850. The number of nitriles is 1. The first-order valence-electron chi connectivity index (χ1n) is 7.87. The van der Waals surface area contributed by atoms with Crippen molar-refractivity contribution in [3.05, 3.63) is 34.3 Å². The third-order valence-corrected chi connectivity index (χ3v) is 5.44. The van der Waals surface area contributed by atoms with Gasteiger partial charge < -0.3 is 5.11 Å². The number of halogens is 1. The lowest BCUT2D eigenvalue weighted by molar-refractivity contribution is -0.0517. The van der Waals surface area contributed by atoms with Crippen LogP contribution in [0.15, 0.2) is 28.7 Å². The van der Waals surface area contributed by atoms with Crippen molar-refractivity contribution >= 4 is 15.9 Å². The first-order valence-corrected chi connectivity index (χ1v) is 8.66. The highest BCUT2D eigenvalue weighted by Crippen LogP contribution is 2.44. The highest BCUT2D eigenvalue weighted by atomic mass is 79.9. The summed E-state index contributed by atoms with van der Waals surface area (Å²) < 4.78 is 1.03. The van der Waals surface area contributed by atoms with E-state index >= 15 is 0 Å². The van der Waals surface area contributed by atoms with E-state index in [2.05, 4.69) is 22.0 Å². The molecule has 1 aromatic carbocycles. The number of rotatable bonds is 3. The molecule has 0 bridgehead atoms. The van der Waals surface area contributed by atoms with E-state index in [1.165, 1.54) is 19.3 Å². The Morgan fingerprint density at radius 1 is 1.14 bits per heavy atom. The van der Waals surface area contributed by atoms with Gasteiger partial charge >= 0.3 is 0 Å². The van der Waals surface area contributed by atoms with Crippen molar-refractivity contribution in [3.63, 3.8) is 0 Å². The van der Waals surface area contributed by atoms with E-state index in [1.807, 2.05) is 31.2 Å². The predicted octanol–water partition coefficient (Wildman–Crippen LogP) is 5.00. The van der Waals surface area contributed by atoms with E-state index in [4.69, 9.17) is 0 Å². The Balaban J connectivity index is 2.21. The molecule has 0 aromatic heterocycles. The number of aliphatic hydroxyl groups is 1. The Bertz CT molecular complexity index is 493. The average Bonchev–Trinajstić information content (AvgIpc) is 2.41. The number of nitrogens with zero attached hydrogens (tertiary/aromatic N) is 1. The molecule has 1 N–H and O–H groups in total. The highest BCUT2D eigenvalue weighted by Gasteiger charge is 2.46. The summed E-state index contributed by atoms with van der Waals surface area (Å²) in [7, 11) is 0. The standard InChI is InChI=1S/C18H24BrNO/c1-17(21,13-15-7-9-16(19)10-8-15)18(14-20)11-5-3-2-4-6-12-18/h7-10,21H,2-6,11-13H2,1H3. The van der Waals surface area contributed by atoms with Crippen LogP contribution in [0.25, 0.3) is 0 Å². The van der Waals surface area contributed by atoms with E-state index < -0.39 is 11.0 Å². The molecule has 21 heavy (non-hydrogen) atoms. The van der Waals surface area contributed by atoms with Crippen molar-refractivity contribution in [2.24, 2.45) is 5.41 Å². The van der Waals surface area contributed by atoms with Crippen LogP contribution in [0.2, 0.25) is 0 Å². The lowest BCUT2D eigenvalue weighted by atomic mass is 9.64. The van der Waals surface area contributed by atoms with Crippen LogP contribution in [0.1, 0.15) is 57.4 Å². The zero-order valence-corrected chi connectivity index (χ0v) is 14.3. The molecular formula is C18H24BrNO. The third kappa shape index (κ3) is 3.87. The summed E-state index contributed by atoms with van der Waals surface area (Å²) in [5, 5.41) is 20.9. The second-order valence-corrected chi connectivity index (χ2v) is 7.45. The number of benzene rings is 1. The molecule has 114 valence electrons. The fourth-order valence-corrected chi connectivity index (χ4v) is 3.71. The van der Waals surface area contributed by atoms with Gasteiger partial charge in [-0.15, -0.1) is 0 Å². The Kier molecular flexibility index (Phi) is 5.46. The summed E-state index contributed by atoms with van der Waals surface area (Å²) in [6, 6.07) is 10.5. The summed E-state index contributed by atoms with van der Waals surface area (Å²) in [5.74, 6) is 0.